The average Bonchev–Trinajstić information content (AvgIpc) is 2.28. The minimum absolute atomic E-state index is 0. The van der Waals surface area contributed by atoms with Crippen LogP contribution in [0, 0.1) is 0 Å². The van der Waals surface area contributed by atoms with E-state index in [4.69, 9.17) is 17.3 Å². The lowest BCUT2D eigenvalue weighted by molar-refractivity contribution is -0.120. The Morgan fingerprint density at radius 3 is 2.76 bits per heavy atom. The number of nitrogens with two attached hydrogens (primary N) is 1. The van der Waals surface area contributed by atoms with Crippen LogP contribution in [0.4, 0.5) is 0 Å². The van der Waals surface area contributed by atoms with Gasteiger partial charge in [0.15, 0.2) is 0 Å². The predicted molar refractivity (Wildman–Crippen MR) is 76.1 cm³/mol. The van der Waals surface area contributed by atoms with Gasteiger partial charge in [0, 0.05) is 18.0 Å². The van der Waals surface area contributed by atoms with E-state index >= 15 is 0 Å². The van der Waals surface area contributed by atoms with Crippen molar-refractivity contribution in [2.75, 3.05) is 13.1 Å². The number of hydrogen-bond acceptors (Lipinski definition) is 3. The fourth-order valence-corrected chi connectivity index (χ4v) is 2.30. The Kier molecular flexibility index (Phi) is 8.43. The molecule has 0 spiro atoms. The summed E-state index contributed by atoms with van der Waals surface area (Å²) in [4.78, 5) is 12.5. The number of carbonyl (C=O) groups is 1. The van der Waals surface area contributed by atoms with Crippen LogP contribution in [0.15, 0.2) is 29.2 Å². The predicted octanol–water partition coefficient (Wildman–Crippen LogP) is 2.32. The van der Waals surface area contributed by atoms with Crippen molar-refractivity contribution in [2.45, 2.75) is 17.1 Å². The average molecular weight is 295 g/mol. The first kappa shape index (κ1) is 16.6. The van der Waals surface area contributed by atoms with Crippen LogP contribution in [-0.4, -0.2) is 24.2 Å². The lowest BCUT2D eigenvalue weighted by Crippen LogP contribution is -2.34. The lowest BCUT2D eigenvalue weighted by Gasteiger charge is -2.12. The summed E-state index contributed by atoms with van der Waals surface area (Å²) in [6, 6.07) is 7.48. The molecule has 6 heteroatoms. The third kappa shape index (κ3) is 5.64. The quantitative estimate of drug-likeness (QED) is 0.820. The molecule has 1 atom stereocenters. The van der Waals surface area contributed by atoms with Crippen LogP contribution in [0.3, 0.4) is 0 Å². The molecule has 0 saturated carbocycles. The highest BCUT2D eigenvalue weighted by atomic mass is 35.5. The van der Waals surface area contributed by atoms with Crippen LogP contribution < -0.4 is 11.1 Å². The number of amides is 1. The first-order valence-corrected chi connectivity index (χ1v) is 6.30. The number of hydrogen-bond donors (Lipinski definition) is 2. The molecule has 1 aromatic rings. The van der Waals surface area contributed by atoms with Gasteiger partial charge >= 0.3 is 0 Å². The number of thioether (sulfide) groups is 1. The molecule has 0 heterocycles. The van der Waals surface area contributed by atoms with Gasteiger partial charge in [0.25, 0.3) is 0 Å². The van der Waals surface area contributed by atoms with E-state index in [9.17, 15) is 4.79 Å². The van der Waals surface area contributed by atoms with Crippen molar-refractivity contribution in [1.82, 2.24) is 5.32 Å². The highest BCUT2D eigenvalue weighted by Crippen LogP contribution is 2.29. The number of nitrogens with one attached hydrogen (secondary N) is 1. The summed E-state index contributed by atoms with van der Waals surface area (Å²) in [5.74, 6) is -0.0182. The zero-order valence-electron chi connectivity index (χ0n) is 9.48. The van der Waals surface area contributed by atoms with Gasteiger partial charge in [0.05, 0.1) is 10.3 Å². The highest BCUT2D eigenvalue weighted by molar-refractivity contribution is 8.00. The lowest BCUT2D eigenvalue weighted by atomic mass is 10.4. The topological polar surface area (TPSA) is 55.1 Å². The fourth-order valence-electron chi connectivity index (χ4n) is 1.12. The number of rotatable bonds is 5. The zero-order valence-corrected chi connectivity index (χ0v) is 11.9. The molecule has 0 aliphatic rings. The molecule has 1 aromatic carbocycles. The Hall–Kier alpha value is -0.420. The van der Waals surface area contributed by atoms with Crippen LogP contribution in [0.5, 0.6) is 0 Å². The highest BCUT2D eigenvalue weighted by Gasteiger charge is 2.14. The van der Waals surface area contributed by atoms with E-state index in [1.54, 1.807) is 0 Å². The molecule has 0 aromatic heterocycles. The first-order chi connectivity index (χ1) is 7.65. The van der Waals surface area contributed by atoms with E-state index in [-0.39, 0.29) is 23.6 Å². The maximum Gasteiger partial charge on any atom is 0.233 e. The summed E-state index contributed by atoms with van der Waals surface area (Å²) >= 11 is 7.45. The van der Waals surface area contributed by atoms with Gasteiger partial charge in [0.1, 0.15) is 0 Å². The van der Waals surface area contributed by atoms with Gasteiger partial charge in [-0.2, -0.15) is 0 Å². The molecule has 0 aliphatic heterocycles. The van der Waals surface area contributed by atoms with Gasteiger partial charge in [-0.1, -0.05) is 23.7 Å². The number of halogens is 2. The summed E-state index contributed by atoms with van der Waals surface area (Å²) in [5, 5.41) is 3.24. The number of benzene rings is 1. The van der Waals surface area contributed by atoms with E-state index in [1.165, 1.54) is 11.8 Å². The smallest absolute Gasteiger partial charge is 0.233 e. The maximum absolute atomic E-state index is 11.6. The SMILES string of the molecule is CC(Sc1ccccc1Cl)C(=O)NCCN.Cl. The summed E-state index contributed by atoms with van der Waals surface area (Å²) in [7, 11) is 0. The Morgan fingerprint density at radius 2 is 2.18 bits per heavy atom. The maximum atomic E-state index is 11.6. The third-order valence-corrected chi connectivity index (χ3v) is 3.57. The summed E-state index contributed by atoms with van der Waals surface area (Å²) in [5.41, 5.74) is 5.31. The van der Waals surface area contributed by atoms with E-state index in [0.29, 0.717) is 18.1 Å². The van der Waals surface area contributed by atoms with Crippen molar-refractivity contribution in [3.63, 3.8) is 0 Å². The minimum atomic E-state index is -0.175. The second-order valence-electron chi connectivity index (χ2n) is 3.27. The normalized spacial score (nSPS) is 11.5. The van der Waals surface area contributed by atoms with E-state index in [2.05, 4.69) is 5.32 Å². The minimum Gasteiger partial charge on any atom is -0.354 e. The monoisotopic (exact) mass is 294 g/mol. The Bertz CT molecular complexity index is 363. The van der Waals surface area contributed by atoms with Gasteiger partial charge in [-0.25, -0.2) is 0 Å². The molecule has 0 aliphatic carbocycles. The number of carbonyl (C=O) groups excluding carboxylic acids is 1. The molecule has 1 unspecified atom stereocenters. The standard InChI is InChI=1S/C11H15ClN2OS.ClH/c1-8(11(15)14-7-6-13)16-10-5-3-2-4-9(10)12;/h2-5,8H,6-7,13H2,1H3,(H,14,15);1H. The molecule has 96 valence electrons. The van der Waals surface area contributed by atoms with Crippen LogP contribution >= 0.6 is 35.8 Å². The van der Waals surface area contributed by atoms with Gasteiger partial charge in [0.2, 0.25) is 5.91 Å². The Balaban J connectivity index is 0.00000256. The van der Waals surface area contributed by atoms with E-state index in [0.717, 1.165) is 4.90 Å². The summed E-state index contributed by atoms with van der Waals surface area (Å²) in [6.07, 6.45) is 0. The van der Waals surface area contributed by atoms with Gasteiger partial charge < -0.3 is 11.1 Å². The van der Waals surface area contributed by atoms with Crippen molar-refractivity contribution in [3.8, 4) is 0 Å². The summed E-state index contributed by atoms with van der Waals surface area (Å²) < 4.78 is 0. The van der Waals surface area contributed by atoms with Crippen molar-refractivity contribution >= 4 is 41.7 Å². The largest absolute Gasteiger partial charge is 0.354 e. The zero-order chi connectivity index (χ0) is 12.0. The van der Waals surface area contributed by atoms with Crippen molar-refractivity contribution < 1.29 is 4.79 Å². The van der Waals surface area contributed by atoms with Gasteiger partial charge in [-0.3, -0.25) is 4.79 Å². The molecule has 0 fully saturated rings. The van der Waals surface area contributed by atoms with Crippen LogP contribution in [0.2, 0.25) is 5.02 Å². The molecular formula is C11H16Cl2N2OS. The molecule has 1 amide bonds. The van der Waals surface area contributed by atoms with E-state index < -0.39 is 0 Å². The Labute approximate surface area is 117 Å². The first-order valence-electron chi connectivity index (χ1n) is 5.04. The Morgan fingerprint density at radius 1 is 1.53 bits per heavy atom. The van der Waals surface area contributed by atoms with Crippen molar-refractivity contribution in [2.24, 2.45) is 5.73 Å². The van der Waals surface area contributed by atoms with Crippen LogP contribution in [-0.2, 0) is 4.79 Å². The molecule has 1 rings (SSSR count). The molecule has 0 bridgehead atoms. The van der Waals surface area contributed by atoms with Crippen LogP contribution in [0.1, 0.15) is 6.92 Å². The van der Waals surface area contributed by atoms with Gasteiger partial charge in [-0.05, 0) is 19.1 Å². The molecular weight excluding hydrogens is 279 g/mol. The molecule has 3 N–H and O–H groups in total. The fraction of sp³-hybridized carbons (Fsp3) is 0.364. The van der Waals surface area contributed by atoms with Crippen molar-refractivity contribution in [1.29, 1.82) is 0 Å². The second kappa shape index (κ2) is 8.64. The molecule has 0 saturated heterocycles. The third-order valence-electron chi connectivity index (χ3n) is 1.95. The molecule has 17 heavy (non-hydrogen) atoms. The van der Waals surface area contributed by atoms with Crippen LogP contribution in [0.25, 0.3) is 0 Å². The summed E-state index contributed by atoms with van der Waals surface area (Å²) in [6.45, 7) is 2.81. The second-order valence-corrected chi connectivity index (χ2v) is 5.06. The van der Waals surface area contributed by atoms with Gasteiger partial charge in [-0.15, -0.1) is 24.2 Å². The van der Waals surface area contributed by atoms with E-state index in [1.807, 2.05) is 31.2 Å². The molecule has 3 nitrogen and oxygen atoms in total. The molecule has 0 radical (unpaired) electrons. The van der Waals surface area contributed by atoms with Crippen molar-refractivity contribution in [3.05, 3.63) is 29.3 Å².